The first-order valence-corrected chi connectivity index (χ1v) is 10.9. The molecule has 0 spiro atoms. The topological polar surface area (TPSA) is 86.1 Å². The summed E-state index contributed by atoms with van der Waals surface area (Å²) in [6.45, 7) is 3.70. The molecule has 32 heavy (non-hydrogen) atoms. The lowest BCUT2D eigenvalue weighted by Gasteiger charge is -2.12. The molecule has 0 aliphatic carbocycles. The number of para-hydroxylation sites is 1. The number of aromatic nitrogens is 3. The van der Waals surface area contributed by atoms with E-state index in [1.165, 1.54) is 22.1 Å². The maximum absolute atomic E-state index is 12.9. The summed E-state index contributed by atoms with van der Waals surface area (Å²) in [7, 11) is 1.59. The number of halogens is 1. The summed E-state index contributed by atoms with van der Waals surface area (Å²) in [6, 6.07) is 14.2. The van der Waals surface area contributed by atoms with Crippen molar-refractivity contribution in [3.8, 4) is 22.7 Å². The molecule has 1 amide bonds. The molecule has 0 aliphatic rings. The lowest BCUT2D eigenvalue weighted by Crippen LogP contribution is -2.27. The second kappa shape index (κ2) is 8.94. The van der Waals surface area contributed by atoms with Crippen LogP contribution in [0.4, 0.5) is 5.13 Å². The molecule has 0 saturated heterocycles. The highest BCUT2D eigenvalue weighted by Crippen LogP contribution is 2.33. The molecule has 2 heterocycles. The van der Waals surface area contributed by atoms with Crippen LogP contribution >= 0.6 is 22.9 Å². The number of nitrogens with one attached hydrogen (secondary N) is 1. The number of anilines is 1. The normalized spacial score (nSPS) is 10.8. The number of nitrogens with zero attached hydrogens (tertiary/aromatic N) is 3. The van der Waals surface area contributed by atoms with E-state index in [1.54, 1.807) is 38.3 Å². The minimum atomic E-state index is -0.645. The molecule has 0 unspecified atom stereocenters. The standard InChI is InChI=1S/C23H19ClN4O3S/c1-13-8-9-20(31-3)15(10-13)17-12-32-23(25-17)26-22(30)21-19(29)11-14(2)28(27-21)18-7-5-4-6-16(18)24/h4-12H,1-3H3,(H,25,26,30). The third kappa shape index (κ3) is 4.28. The number of benzene rings is 2. The minimum absolute atomic E-state index is 0.250. The summed E-state index contributed by atoms with van der Waals surface area (Å²) < 4.78 is 6.89. The fourth-order valence-electron chi connectivity index (χ4n) is 3.21. The number of amides is 1. The number of methoxy groups -OCH3 is 1. The number of ether oxygens (including phenoxy) is 1. The molecule has 0 radical (unpaired) electrons. The van der Waals surface area contributed by atoms with Crippen molar-refractivity contribution in [1.29, 1.82) is 0 Å². The van der Waals surface area contributed by atoms with Crippen LogP contribution in [0, 0.1) is 13.8 Å². The first kappa shape index (κ1) is 21.7. The van der Waals surface area contributed by atoms with Gasteiger partial charge >= 0.3 is 0 Å². The Bertz CT molecular complexity index is 1380. The SMILES string of the molecule is COc1ccc(C)cc1-c1csc(NC(=O)c2nn(-c3ccccc3Cl)c(C)cc2=O)n1. The van der Waals surface area contributed by atoms with Crippen molar-refractivity contribution in [2.45, 2.75) is 13.8 Å². The molecule has 0 aliphatic heterocycles. The van der Waals surface area contributed by atoms with Crippen LogP contribution in [0.3, 0.4) is 0 Å². The van der Waals surface area contributed by atoms with Crippen LogP contribution in [0.5, 0.6) is 5.75 Å². The monoisotopic (exact) mass is 466 g/mol. The predicted molar refractivity (Wildman–Crippen MR) is 126 cm³/mol. The molecule has 7 nitrogen and oxygen atoms in total. The Hall–Kier alpha value is -3.49. The molecule has 4 aromatic rings. The van der Waals surface area contributed by atoms with Crippen LogP contribution in [-0.4, -0.2) is 27.8 Å². The van der Waals surface area contributed by atoms with Crippen molar-refractivity contribution in [1.82, 2.24) is 14.8 Å². The van der Waals surface area contributed by atoms with Gasteiger partial charge in [0.2, 0.25) is 5.43 Å². The molecule has 0 fully saturated rings. The van der Waals surface area contributed by atoms with E-state index in [9.17, 15) is 9.59 Å². The summed E-state index contributed by atoms with van der Waals surface area (Å²) in [4.78, 5) is 29.8. The lowest BCUT2D eigenvalue weighted by atomic mass is 10.1. The molecule has 2 aromatic heterocycles. The highest BCUT2D eigenvalue weighted by molar-refractivity contribution is 7.14. The third-order valence-electron chi connectivity index (χ3n) is 4.76. The summed E-state index contributed by atoms with van der Waals surface area (Å²) in [5.74, 6) is 0.0366. The van der Waals surface area contributed by atoms with Crippen molar-refractivity contribution in [2.24, 2.45) is 0 Å². The number of thiazole rings is 1. The van der Waals surface area contributed by atoms with Gasteiger partial charge in [0.05, 0.1) is 23.5 Å². The molecule has 9 heteroatoms. The highest BCUT2D eigenvalue weighted by Gasteiger charge is 2.18. The molecule has 0 atom stereocenters. The van der Waals surface area contributed by atoms with Crippen LogP contribution in [0.25, 0.3) is 16.9 Å². The number of hydrogen-bond donors (Lipinski definition) is 1. The van der Waals surface area contributed by atoms with Gasteiger partial charge < -0.3 is 4.74 Å². The molecule has 4 rings (SSSR count). The number of carbonyl (C=O) groups excluding carboxylic acids is 1. The summed E-state index contributed by atoms with van der Waals surface area (Å²) in [5.41, 5.74) is 2.94. The van der Waals surface area contributed by atoms with E-state index in [4.69, 9.17) is 16.3 Å². The highest BCUT2D eigenvalue weighted by atomic mass is 35.5. The van der Waals surface area contributed by atoms with E-state index < -0.39 is 11.3 Å². The van der Waals surface area contributed by atoms with Gasteiger partial charge in [0.25, 0.3) is 5.91 Å². The van der Waals surface area contributed by atoms with Crippen molar-refractivity contribution >= 4 is 34.0 Å². The zero-order valence-electron chi connectivity index (χ0n) is 17.5. The van der Waals surface area contributed by atoms with Crippen LogP contribution in [0.15, 0.2) is 58.7 Å². The average molecular weight is 467 g/mol. The zero-order valence-corrected chi connectivity index (χ0v) is 19.1. The van der Waals surface area contributed by atoms with E-state index >= 15 is 0 Å². The summed E-state index contributed by atoms with van der Waals surface area (Å²) in [6.07, 6.45) is 0. The van der Waals surface area contributed by atoms with E-state index in [-0.39, 0.29) is 5.69 Å². The lowest BCUT2D eigenvalue weighted by molar-refractivity contribution is 0.101. The maximum atomic E-state index is 12.9. The Labute approximate surface area is 193 Å². The second-order valence-electron chi connectivity index (χ2n) is 7.06. The predicted octanol–water partition coefficient (Wildman–Crippen LogP) is 4.89. The quantitative estimate of drug-likeness (QED) is 0.452. The van der Waals surface area contributed by atoms with Gasteiger partial charge in [-0.2, -0.15) is 5.10 Å². The van der Waals surface area contributed by atoms with E-state index in [0.717, 1.165) is 11.1 Å². The maximum Gasteiger partial charge on any atom is 0.281 e. The molecule has 2 aromatic carbocycles. The Kier molecular flexibility index (Phi) is 6.07. The first-order valence-electron chi connectivity index (χ1n) is 9.65. The zero-order chi connectivity index (χ0) is 22.8. The largest absolute Gasteiger partial charge is 0.496 e. The molecule has 0 bridgehead atoms. The Morgan fingerprint density at radius 3 is 2.69 bits per heavy atom. The summed E-state index contributed by atoms with van der Waals surface area (Å²) in [5, 5.41) is 9.56. The second-order valence-corrected chi connectivity index (χ2v) is 8.32. The van der Waals surface area contributed by atoms with Crippen LogP contribution in [-0.2, 0) is 0 Å². The third-order valence-corrected chi connectivity index (χ3v) is 5.84. The number of aryl methyl sites for hydroxylation is 2. The van der Waals surface area contributed by atoms with Crippen LogP contribution in [0.2, 0.25) is 5.02 Å². The smallest absolute Gasteiger partial charge is 0.281 e. The van der Waals surface area contributed by atoms with Crippen molar-refractivity contribution in [3.05, 3.63) is 86.1 Å². The average Bonchev–Trinajstić information content (AvgIpc) is 3.22. The molecule has 1 N–H and O–H groups in total. The molecule has 162 valence electrons. The van der Waals surface area contributed by atoms with E-state index in [0.29, 0.717) is 33.0 Å². The van der Waals surface area contributed by atoms with Crippen molar-refractivity contribution in [3.63, 3.8) is 0 Å². The van der Waals surface area contributed by atoms with E-state index in [1.807, 2.05) is 30.5 Å². The van der Waals surface area contributed by atoms with Gasteiger partial charge in [-0.25, -0.2) is 9.67 Å². The Morgan fingerprint density at radius 1 is 1.16 bits per heavy atom. The van der Waals surface area contributed by atoms with Crippen molar-refractivity contribution < 1.29 is 9.53 Å². The Balaban J connectivity index is 1.65. The van der Waals surface area contributed by atoms with Gasteiger partial charge in [-0.15, -0.1) is 11.3 Å². The van der Waals surface area contributed by atoms with Gasteiger partial charge in [0, 0.05) is 22.7 Å². The molecule has 0 saturated carbocycles. The van der Waals surface area contributed by atoms with Crippen LogP contribution < -0.4 is 15.5 Å². The number of carbonyl (C=O) groups is 1. The fourth-order valence-corrected chi connectivity index (χ4v) is 4.13. The molecular weight excluding hydrogens is 448 g/mol. The first-order chi connectivity index (χ1) is 15.4. The fraction of sp³-hybridized carbons (Fsp3) is 0.130. The van der Waals surface area contributed by atoms with Gasteiger partial charge in [0.15, 0.2) is 10.8 Å². The summed E-state index contributed by atoms with van der Waals surface area (Å²) >= 11 is 7.52. The van der Waals surface area contributed by atoms with Crippen molar-refractivity contribution in [2.75, 3.05) is 12.4 Å². The molecular formula is C23H19ClN4O3S. The minimum Gasteiger partial charge on any atom is -0.496 e. The Morgan fingerprint density at radius 2 is 1.94 bits per heavy atom. The number of hydrogen-bond acceptors (Lipinski definition) is 6. The van der Waals surface area contributed by atoms with E-state index in [2.05, 4.69) is 15.4 Å². The van der Waals surface area contributed by atoms with Gasteiger partial charge in [-0.05, 0) is 38.1 Å². The van der Waals surface area contributed by atoms with Gasteiger partial charge in [-0.1, -0.05) is 35.4 Å². The van der Waals surface area contributed by atoms with Gasteiger partial charge in [-0.3, -0.25) is 14.9 Å². The van der Waals surface area contributed by atoms with Gasteiger partial charge in [0.1, 0.15) is 5.75 Å². The van der Waals surface area contributed by atoms with Crippen LogP contribution in [0.1, 0.15) is 21.7 Å². The number of rotatable bonds is 5.